The van der Waals surface area contributed by atoms with Gasteiger partial charge in [-0.3, -0.25) is 9.59 Å². The van der Waals surface area contributed by atoms with Gasteiger partial charge in [0.2, 0.25) is 11.8 Å². The van der Waals surface area contributed by atoms with E-state index in [1.807, 2.05) is 0 Å². The van der Waals surface area contributed by atoms with Gasteiger partial charge in [0.1, 0.15) is 6.04 Å². The van der Waals surface area contributed by atoms with Crippen LogP contribution in [-0.4, -0.2) is 50.7 Å². The Morgan fingerprint density at radius 1 is 1.56 bits per heavy atom. The van der Waals surface area contributed by atoms with Crippen LogP contribution >= 0.6 is 0 Å². The third-order valence-electron chi connectivity index (χ3n) is 2.43. The Labute approximate surface area is 95.1 Å². The molecule has 92 valence electrons. The Kier molecular flexibility index (Phi) is 5.21. The molecule has 1 aliphatic heterocycles. The molecule has 2 atom stereocenters. The minimum absolute atomic E-state index is 0.0920. The molecule has 2 unspecified atom stereocenters. The van der Waals surface area contributed by atoms with Crippen molar-refractivity contribution in [1.29, 1.82) is 0 Å². The van der Waals surface area contributed by atoms with Gasteiger partial charge in [0.25, 0.3) is 0 Å². The van der Waals surface area contributed by atoms with Gasteiger partial charge >= 0.3 is 0 Å². The highest BCUT2D eigenvalue weighted by Crippen LogP contribution is 2.01. The van der Waals surface area contributed by atoms with Crippen LogP contribution < -0.4 is 16.0 Å². The number of likely N-dealkylation sites (N-methyl/N-ethyl adjacent to an activating group) is 1. The van der Waals surface area contributed by atoms with Gasteiger partial charge in [0, 0.05) is 20.1 Å². The van der Waals surface area contributed by atoms with E-state index in [2.05, 4.69) is 16.0 Å². The third-order valence-corrected chi connectivity index (χ3v) is 2.43. The van der Waals surface area contributed by atoms with Crippen molar-refractivity contribution in [3.05, 3.63) is 0 Å². The quantitative estimate of drug-likeness (QED) is 0.555. The van der Waals surface area contributed by atoms with Crippen LogP contribution in [0.3, 0.4) is 0 Å². The van der Waals surface area contributed by atoms with Crippen LogP contribution in [0.25, 0.3) is 0 Å². The number of amides is 2. The Morgan fingerprint density at radius 2 is 2.31 bits per heavy atom. The molecule has 0 spiro atoms. The van der Waals surface area contributed by atoms with Crippen LogP contribution in [-0.2, 0) is 14.3 Å². The van der Waals surface area contributed by atoms with E-state index in [0.717, 1.165) is 6.54 Å². The number of morpholine rings is 1. The lowest BCUT2D eigenvalue weighted by Crippen LogP contribution is -2.46. The number of hydrogen-bond acceptors (Lipinski definition) is 4. The van der Waals surface area contributed by atoms with E-state index in [1.54, 1.807) is 14.0 Å². The van der Waals surface area contributed by atoms with Gasteiger partial charge in [-0.25, -0.2) is 0 Å². The van der Waals surface area contributed by atoms with E-state index in [1.165, 1.54) is 0 Å². The summed E-state index contributed by atoms with van der Waals surface area (Å²) in [5.74, 6) is -0.360. The van der Waals surface area contributed by atoms with E-state index in [4.69, 9.17) is 4.74 Å². The molecule has 0 radical (unpaired) electrons. The average molecular weight is 229 g/mol. The molecular weight excluding hydrogens is 210 g/mol. The zero-order valence-electron chi connectivity index (χ0n) is 9.71. The van der Waals surface area contributed by atoms with Crippen molar-refractivity contribution in [2.45, 2.75) is 25.5 Å². The van der Waals surface area contributed by atoms with Gasteiger partial charge in [0.15, 0.2) is 0 Å². The van der Waals surface area contributed by atoms with Crippen LogP contribution in [0.15, 0.2) is 0 Å². The minimum atomic E-state index is -0.506. The lowest BCUT2D eigenvalue weighted by molar-refractivity contribution is -0.130. The average Bonchev–Trinajstić information content (AvgIpc) is 2.29. The molecule has 1 aliphatic rings. The molecule has 16 heavy (non-hydrogen) atoms. The Hall–Kier alpha value is -1.14. The predicted octanol–water partition coefficient (Wildman–Crippen LogP) is -1.38. The van der Waals surface area contributed by atoms with Gasteiger partial charge < -0.3 is 20.7 Å². The smallest absolute Gasteiger partial charge is 0.242 e. The maximum absolute atomic E-state index is 11.5. The summed E-state index contributed by atoms with van der Waals surface area (Å²) in [5.41, 5.74) is 0. The van der Waals surface area contributed by atoms with Crippen molar-refractivity contribution in [3.8, 4) is 0 Å². The van der Waals surface area contributed by atoms with Crippen LogP contribution in [0.2, 0.25) is 0 Å². The van der Waals surface area contributed by atoms with Crippen LogP contribution in [0, 0.1) is 0 Å². The normalized spacial score (nSPS) is 22.2. The minimum Gasteiger partial charge on any atom is -0.375 e. The van der Waals surface area contributed by atoms with E-state index in [9.17, 15) is 9.59 Å². The van der Waals surface area contributed by atoms with Crippen LogP contribution in [0.1, 0.15) is 13.3 Å². The highest BCUT2D eigenvalue weighted by molar-refractivity contribution is 5.87. The highest BCUT2D eigenvalue weighted by atomic mass is 16.5. The lowest BCUT2D eigenvalue weighted by Gasteiger charge is -2.23. The van der Waals surface area contributed by atoms with Crippen molar-refractivity contribution < 1.29 is 14.3 Å². The first-order chi connectivity index (χ1) is 7.63. The summed E-state index contributed by atoms with van der Waals surface area (Å²) in [4.78, 5) is 22.7. The number of rotatable bonds is 4. The fourth-order valence-electron chi connectivity index (χ4n) is 1.54. The molecule has 0 aromatic heterocycles. The van der Waals surface area contributed by atoms with E-state index in [0.29, 0.717) is 13.2 Å². The fraction of sp³-hybridized carbons (Fsp3) is 0.800. The van der Waals surface area contributed by atoms with Crippen molar-refractivity contribution in [2.24, 2.45) is 0 Å². The molecule has 2 amide bonds. The summed E-state index contributed by atoms with van der Waals surface area (Å²) >= 11 is 0. The highest BCUT2D eigenvalue weighted by Gasteiger charge is 2.20. The third kappa shape index (κ3) is 4.16. The summed E-state index contributed by atoms with van der Waals surface area (Å²) in [5, 5.41) is 8.24. The molecule has 6 heteroatoms. The first-order valence-electron chi connectivity index (χ1n) is 5.46. The van der Waals surface area contributed by atoms with Gasteiger partial charge in [-0.05, 0) is 6.92 Å². The molecule has 0 bridgehead atoms. The molecule has 0 aromatic rings. The molecule has 0 aliphatic carbocycles. The maximum atomic E-state index is 11.5. The van der Waals surface area contributed by atoms with Gasteiger partial charge in [-0.15, -0.1) is 0 Å². The van der Waals surface area contributed by atoms with Gasteiger partial charge in [-0.2, -0.15) is 0 Å². The number of hydrogen-bond donors (Lipinski definition) is 3. The Balaban J connectivity index is 2.26. The monoisotopic (exact) mass is 229 g/mol. The summed E-state index contributed by atoms with van der Waals surface area (Å²) in [6.45, 7) is 3.79. The van der Waals surface area contributed by atoms with Crippen molar-refractivity contribution in [1.82, 2.24) is 16.0 Å². The van der Waals surface area contributed by atoms with Crippen molar-refractivity contribution >= 4 is 11.8 Å². The number of carbonyl (C=O) groups excluding carboxylic acids is 2. The standard InChI is InChI=1S/C10H19N3O3/c1-7(10(15)11-2)13-9(14)5-8-6-12-3-4-16-8/h7-8,12H,3-6H2,1-2H3,(H,11,15)(H,13,14). The number of carbonyl (C=O) groups is 2. The molecule has 3 N–H and O–H groups in total. The second-order valence-electron chi connectivity index (χ2n) is 3.80. The van der Waals surface area contributed by atoms with E-state index < -0.39 is 6.04 Å². The molecule has 0 saturated carbocycles. The Morgan fingerprint density at radius 3 is 2.88 bits per heavy atom. The summed E-state index contributed by atoms with van der Waals surface area (Å²) < 4.78 is 5.39. The molecule has 1 fully saturated rings. The van der Waals surface area contributed by atoms with E-state index >= 15 is 0 Å². The Bertz CT molecular complexity index is 252. The predicted molar refractivity (Wildman–Crippen MR) is 58.9 cm³/mol. The lowest BCUT2D eigenvalue weighted by atomic mass is 10.2. The zero-order valence-corrected chi connectivity index (χ0v) is 9.71. The molecule has 1 saturated heterocycles. The molecule has 1 rings (SSSR count). The van der Waals surface area contributed by atoms with Crippen LogP contribution in [0.4, 0.5) is 0 Å². The second-order valence-corrected chi connectivity index (χ2v) is 3.80. The molecule has 1 heterocycles. The zero-order chi connectivity index (χ0) is 12.0. The maximum Gasteiger partial charge on any atom is 0.242 e. The SMILES string of the molecule is CNC(=O)C(C)NC(=O)CC1CNCCO1. The van der Waals surface area contributed by atoms with Gasteiger partial charge in [0.05, 0.1) is 19.1 Å². The first kappa shape index (κ1) is 12.9. The largest absolute Gasteiger partial charge is 0.375 e. The topological polar surface area (TPSA) is 79.5 Å². The summed E-state index contributed by atoms with van der Waals surface area (Å²) in [7, 11) is 1.54. The number of nitrogens with one attached hydrogen (secondary N) is 3. The van der Waals surface area contributed by atoms with E-state index in [-0.39, 0.29) is 24.3 Å². The summed E-state index contributed by atoms with van der Waals surface area (Å²) in [6.07, 6.45) is 0.194. The fourth-order valence-corrected chi connectivity index (χ4v) is 1.54. The number of ether oxygens (including phenoxy) is 1. The molecular formula is C10H19N3O3. The van der Waals surface area contributed by atoms with Crippen LogP contribution in [0.5, 0.6) is 0 Å². The van der Waals surface area contributed by atoms with Gasteiger partial charge in [-0.1, -0.05) is 0 Å². The van der Waals surface area contributed by atoms with Crippen molar-refractivity contribution in [3.63, 3.8) is 0 Å². The molecule has 6 nitrogen and oxygen atoms in total. The molecule has 0 aromatic carbocycles. The van der Waals surface area contributed by atoms with Crippen molar-refractivity contribution in [2.75, 3.05) is 26.7 Å². The summed E-state index contributed by atoms with van der Waals surface area (Å²) in [6, 6.07) is -0.506. The first-order valence-corrected chi connectivity index (χ1v) is 5.46. The second kappa shape index (κ2) is 6.44.